The summed E-state index contributed by atoms with van der Waals surface area (Å²) in [4.78, 5) is 22.5. The molecule has 1 amide bonds. The molecule has 0 fully saturated rings. The highest BCUT2D eigenvalue weighted by Crippen LogP contribution is 2.39. The molecule has 0 spiro atoms. The number of pyridine rings is 1. The number of fused-ring (bicyclic) bond motifs is 1. The average molecular weight is 445 g/mol. The summed E-state index contributed by atoms with van der Waals surface area (Å²) in [6.45, 7) is 0.0281. The summed E-state index contributed by atoms with van der Waals surface area (Å²) in [5, 5.41) is -0.828. The quantitative estimate of drug-likeness (QED) is 0.378. The molecule has 4 rings (SSSR count). The van der Waals surface area contributed by atoms with Crippen LogP contribution in [0.25, 0.3) is 11.1 Å². The van der Waals surface area contributed by atoms with Gasteiger partial charge < -0.3 is 10.6 Å². The van der Waals surface area contributed by atoms with Crippen LogP contribution in [0.4, 0.5) is 5.69 Å². The number of hydrogen-bond donors (Lipinski definition) is 1. The number of nitrogens with zero attached hydrogens (tertiary/aromatic N) is 3. The van der Waals surface area contributed by atoms with E-state index in [0.717, 1.165) is 16.7 Å². The van der Waals surface area contributed by atoms with Crippen LogP contribution in [0, 0.1) is 0 Å². The highest BCUT2D eigenvalue weighted by Gasteiger charge is 2.43. The number of amides is 1. The zero-order chi connectivity index (χ0) is 22.3. The molecule has 2 heterocycles. The zero-order valence-electron chi connectivity index (χ0n) is 16.6. The topological polar surface area (TPSA) is 71.6 Å². The first-order valence-corrected chi connectivity index (χ1v) is 10.2. The van der Waals surface area contributed by atoms with E-state index in [1.165, 1.54) is 4.90 Å². The molecule has 3 aromatic rings. The van der Waals surface area contributed by atoms with Crippen molar-refractivity contribution in [1.29, 1.82) is 0 Å². The minimum Gasteiger partial charge on any atom is -0.398 e. The lowest BCUT2D eigenvalue weighted by Gasteiger charge is -2.33. The number of aromatic nitrogens is 1. The van der Waals surface area contributed by atoms with Crippen molar-refractivity contribution in [2.24, 2.45) is 4.99 Å². The number of nitrogens with two attached hydrogens (primary N) is 1. The van der Waals surface area contributed by atoms with E-state index >= 15 is 0 Å². The number of carbonyl (C=O) groups excluding carboxylic acids is 1. The second-order valence-corrected chi connectivity index (χ2v) is 8.04. The summed E-state index contributed by atoms with van der Waals surface area (Å²) in [5.74, 6) is -0.332. The van der Waals surface area contributed by atoms with E-state index in [4.69, 9.17) is 44.6 Å². The van der Waals surface area contributed by atoms with Gasteiger partial charge in [0.25, 0.3) is 5.91 Å². The lowest BCUT2D eigenvalue weighted by atomic mass is 9.59. The third kappa shape index (κ3) is 3.62. The monoisotopic (exact) mass is 444 g/mol. The van der Waals surface area contributed by atoms with Gasteiger partial charge in [-0.2, -0.15) is 0 Å². The fourth-order valence-corrected chi connectivity index (χ4v) is 4.32. The van der Waals surface area contributed by atoms with Crippen LogP contribution < -0.4 is 5.73 Å². The zero-order valence-corrected chi connectivity index (χ0v) is 18.2. The molecule has 0 saturated carbocycles. The molecule has 1 aromatic heterocycles. The van der Waals surface area contributed by atoms with Gasteiger partial charge in [0, 0.05) is 58.2 Å². The summed E-state index contributed by atoms with van der Waals surface area (Å²) >= 11 is 13.2. The van der Waals surface area contributed by atoms with Crippen LogP contribution in [0.2, 0.25) is 10.0 Å². The van der Waals surface area contributed by atoms with Gasteiger partial charge in [0.15, 0.2) is 0 Å². The molecule has 31 heavy (non-hydrogen) atoms. The van der Waals surface area contributed by atoms with Crippen molar-refractivity contribution in [3.8, 4) is 11.1 Å². The number of halogens is 2. The standard InChI is InChI=1S/C22H16B2Cl2N4O/c1-28-10-15-13(4-2-6-19(15)27)12-8-17(25)16(18(26)9-12)11-30-21(31)14-5-3-7-29-20(14)22(30,23)24/h2-10H,11,27H2,1H3. The Kier molecular flexibility index (Phi) is 5.58. The van der Waals surface area contributed by atoms with E-state index < -0.39 is 5.34 Å². The molecule has 4 radical (unpaired) electrons. The van der Waals surface area contributed by atoms with Crippen LogP contribution in [0.15, 0.2) is 53.7 Å². The van der Waals surface area contributed by atoms with Crippen LogP contribution in [-0.2, 0) is 11.9 Å². The molecule has 0 unspecified atom stereocenters. The molecule has 9 heteroatoms. The Morgan fingerprint density at radius 2 is 1.84 bits per heavy atom. The number of carbonyl (C=O) groups is 1. The Morgan fingerprint density at radius 1 is 1.16 bits per heavy atom. The van der Waals surface area contributed by atoms with E-state index in [-0.39, 0.29) is 12.5 Å². The number of rotatable bonds is 4. The first kappa shape index (κ1) is 21.5. The minimum atomic E-state index is -1.57. The van der Waals surface area contributed by atoms with Crippen LogP contribution in [-0.4, -0.2) is 44.7 Å². The molecular formula is C22H16B2Cl2N4O. The van der Waals surface area contributed by atoms with Crippen molar-refractivity contribution >= 4 is 56.7 Å². The van der Waals surface area contributed by atoms with Gasteiger partial charge in [0.2, 0.25) is 0 Å². The molecule has 1 aliphatic heterocycles. The van der Waals surface area contributed by atoms with E-state index in [2.05, 4.69) is 9.98 Å². The van der Waals surface area contributed by atoms with Gasteiger partial charge in [-0.1, -0.05) is 35.3 Å². The number of benzene rings is 2. The SMILES string of the molecule is [B]C1([B])c2ncccc2C(=O)N1Cc1c(Cl)cc(-c2cccc(N)c2C=NC)cc1Cl. The summed E-state index contributed by atoms with van der Waals surface area (Å²) < 4.78 is 0. The molecule has 2 aromatic carbocycles. The molecule has 2 N–H and O–H groups in total. The van der Waals surface area contributed by atoms with Crippen LogP contribution in [0.5, 0.6) is 0 Å². The molecular weight excluding hydrogens is 429 g/mol. The maximum Gasteiger partial charge on any atom is 0.255 e. The predicted octanol–water partition coefficient (Wildman–Crippen LogP) is 3.79. The lowest BCUT2D eigenvalue weighted by molar-refractivity contribution is 0.0731. The Balaban J connectivity index is 1.74. The smallest absolute Gasteiger partial charge is 0.255 e. The fourth-order valence-electron chi connectivity index (χ4n) is 3.72. The predicted molar refractivity (Wildman–Crippen MR) is 127 cm³/mol. The summed E-state index contributed by atoms with van der Waals surface area (Å²) in [6.07, 6.45) is 3.23. The largest absolute Gasteiger partial charge is 0.398 e. The van der Waals surface area contributed by atoms with Gasteiger partial charge in [-0.15, -0.1) is 0 Å². The highest BCUT2D eigenvalue weighted by atomic mass is 35.5. The van der Waals surface area contributed by atoms with Gasteiger partial charge in [-0.05, 0) is 41.5 Å². The van der Waals surface area contributed by atoms with E-state index in [9.17, 15) is 4.79 Å². The van der Waals surface area contributed by atoms with Crippen molar-refractivity contribution in [1.82, 2.24) is 9.88 Å². The number of hydrogen-bond acceptors (Lipinski definition) is 4. The van der Waals surface area contributed by atoms with Gasteiger partial charge >= 0.3 is 0 Å². The Bertz CT molecular complexity index is 1210. The van der Waals surface area contributed by atoms with Gasteiger partial charge in [-0.3, -0.25) is 14.8 Å². The van der Waals surface area contributed by atoms with Crippen LogP contribution in [0.3, 0.4) is 0 Å². The second-order valence-electron chi connectivity index (χ2n) is 7.23. The van der Waals surface area contributed by atoms with Crippen LogP contribution in [0.1, 0.15) is 27.2 Å². The molecule has 1 aliphatic rings. The van der Waals surface area contributed by atoms with Crippen LogP contribution >= 0.6 is 23.2 Å². The summed E-state index contributed by atoms with van der Waals surface area (Å²) in [6, 6.07) is 12.4. The summed E-state index contributed by atoms with van der Waals surface area (Å²) in [7, 11) is 14.2. The molecule has 0 saturated heterocycles. The highest BCUT2D eigenvalue weighted by molar-refractivity contribution is 6.42. The van der Waals surface area contributed by atoms with Crippen molar-refractivity contribution in [2.75, 3.05) is 12.8 Å². The summed E-state index contributed by atoms with van der Waals surface area (Å²) in [5.41, 5.74) is 10.3. The van der Waals surface area contributed by atoms with Gasteiger partial charge in [0.1, 0.15) is 0 Å². The first-order chi connectivity index (χ1) is 14.8. The number of aliphatic imine (C=N–C) groups is 1. The molecule has 0 atom stereocenters. The first-order valence-electron chi connectivity index (χ1n) is 9.40. The molecule has 5 nitrogen and oxygen atoms in total. The minimum absolute atomic E-state index is 0.0281. The van der Waals surface area contributed by atoms with E-state index in [1.807, 2.05) is 12.1 Å². The van der Waals surface area contributed by atoms with Crippen molar-refractivity contribution in [2.45, 2.75) is 11.9 Å². The molecule has 150 valence electrons. The lowest BCUT2D eigenvalue weighted by Crippen LogP contribution is -2.44. The van der Waals surface area contributed by atoms with E-state index in [0.29, 0.717) is 32.6 Å². The average Bonchev–Trinajstić information content (AvgIpc) is 2.92. The molecule has 0 aliphatic carbocycles. The van der Waals surface area contributed by atoms with E-state index in [1.54, 1.807) is 49.8 Å². The second kappa shape index (κ2) is 8.06. The fraction of sp³-hybridized carbons (Fsp3) is 0.136. The third-order valence-electron chi connectivity index (χ3n) is 5.28. The Hall–Kier alpha value is -2.76. The van der Waals surface area contributed by atoms with Crippen molar-refractivity contribution < 1.29 is 4.79 Å². The number of anilines is 1. The third-order valence-corrected chi connectivity index (χ3v) is 5.95. The maximum atomic E-state index is 12.9. The number of nitrogen functional groups attached to an aromatic ring is 1. The Labute approximate surface area is 193 Å². The normalized spacial score (nSPS) is 14.9. The van der Waals surface area contributed by atoms with Gasteiger partial charge in [0.05, 0.1) is 26.9 Å². The maximum absolute atomic E-state index is 12.9. The van der Waals surface area contributed by atoms with Crippen molar-refractivity contribution in [3.05, 3.63) is 81.1 Å². The van der Waals surface area contributed by atoms with Crippen molar-refractivity contribution in [3.63, 3.8) is 0 Å². The van der Waals surface area contributed by atoms with Gasteiger partial charge in [-0.25, -0.2) is 0 Å². The Morgan fingerprint density at radius 3 is 2.48 bits per heavy atom. The molecule has 0 bridgehead atoms.